The summed E-state index contributed by atoms with van der Waals surface area (Å²) in [5.74, 6) is 0.182. The molecule has 1 amide bonds. The molecule has 7 nitrogen and oxygen atoms in total. The molecule has 0 atom stereocenters. The SMILES string of the molecule is Cc1nc2ccc(Br)cc2c(=O)n1N=Cc1cc(Cl)ccc1OCC(N)=O. The Bertz CT molecular complexity index is 1130. The van der Waals surface area contributed by atoms with Crippen molar-refractivity contribution in [3.8, 4) is 5.75 Å². The van der Waals surface area contributed by atoms with Crippen LogP contribution in [0.5, 0.6) is 5.75 Å². The third kappa shape index (κ3) is 4.35. The smallest absolute Gasteiger partial charge is 0.282 e. The maximum absolute atomic E-state index is 12.8. The van der Waals surface area contributed by atoms with Crippen molar-refractivity contribution in [3.63, 3.8) is 0 Å². The van der Waals surface area contributed by atoms with Gasteiger partial charge in [0.05, 0.1) is 17.1 Å². The second-order valence-corrected chi connectivity index (χ2v) is 6.97. The minimum Gasteiger partial charge on any atom is -0.483 e. The Balaban J connectivity index is 2.05. The van der Waals surface area contributed by atoms with Crippen LogP contribution in [0.1, 0.15) is 11.4 Å². The number of hydrogen-bond acceptors (Lipinski definition) is 5. The summed E-state index contributed by atoms with van der Waals surface area (Å²) in [6.45, 7) is 1.40. The van der Waals surface area contributed by atoms with Crippen LogP contribution in [0, 0.1) is 6.92 Å². The number of hydrogen-bond donors (Lipinski definition) is 1. The first kappa shape index (κ1) is 19.1. The molecule has 138 valence electrons. The van der Waals surface area contributed by atoms with Gasteiger partial charge in [0.2, 0.25) is 0 Å². The normalized spacial score (nSPS) is 11.2. The van der Waals surface area contributed by atoms with Crippen LogP contribution in [-0.4, -0.2) is 28.4 Å². The van der Waals surface area contributed by atoms with Gasteiger partial charge in [0.15, 0.2) is 6.61 Å². The van der Waals surface area contributed by atoms with E-state index in [4.69, 9.17) is 22.1 Å². The summed E-state index contributed by atoms with van der Waals surface area (Å²) in [6.07, 6.45) is 1.42. The van der Waals surface area contributed by atoms with Gasteiger partial charge in [-0.2, -0.15) is 9.78 Å². The number of fused-ring (bicyclic) bond motifs is 1. The summed E-state index contributed by atoms with van der Waals surface area (Å²) < 4.78 is 7.31. The number of halogens is 2. The van der Waals surface area contributed by atoms with E-state index in [2.05, 4.69) is 26.0 Å². The zero-order valence-corrected chi connectivity index (χ0v) is 16.5. The first-order chi connectivity index (χ1) is 12.8. The van der Waals surface area contributed by atoms with Crippen molar-refractivity contribution in [1.82, 2.24) is 9.66 Å². The molecule has 2 N–H and O–H groups in total. The van der Waals surface area contributed by atoms with E-state index in [0.717, 1.165) is 4.47 Å². The number of aromatic nitrogens is 2. The Labute approximate surface area is 167 Å². The minimum atomic E-state index is -0.607. The van der Waals surface area contributed by atoms with Crippen molar-refractivity contribution in [3.05, 3.63) is 67.6 Å². The number of aryl methyl sites for hydroxylation is 1. The van der Waals surface area contributed by atoms with Gasteiger partial charge in [0.25, 0.3) is 11.5 Å². The number of amides is 1. The van der Waals surface area contributed by atoms with Crippen LogP contribution in [0.15, 0.2) is 50.8 Å². The molecule has 0 spiro atoms. The van der Waals surface area contributed by atoms with E-state index >= 15 is 0 Å². The van der Waals surface area contributed by atoms with Crippen molar-refractivity contribution in [2.24, 2.45) is 10.8 Å². The highest BCUT2D eigenvalue weighted by molar-refractivity contribution is 9.10. The van der Waals surface area contributed by atoms with Gasteiger partial charge in [-0.25, -0.2) is 4.98 Å². The highest BCUT2D eigenvalue weighted by Crippen LogP contribution is 2.21. The van der Waals surface area contributed by atoms with Crippen LogP contribution in [-0.2, 0) is 4.79 Å². The fourth-order valence-electron chi connectivity index (χ4n) is 2.42. The van der Waals surface area contributed by atoms with Gasteiger partial charge in [-0.05, 0) is 43.3 Å². The summed E-state index contributed by atoms with van der Waals surface area (Å²) in [4.78, 5) is 28.1. The lowest BCUT2D eigenvalue weighted by Gasteiger charge is -2.09. The molecule has 3 aromatic rings. The number of carbonyl (C=O) groups excluding carboxylic acids is 1. The van der Waals surface area contributed by atoms with Crippen LogP contribution in [0.25, 0.3) is 10.9 Å². The van der Waals surface area contributed by atoms with Crippen LogP contribution in [0.4, 0.5) is 0 Å². The molecule has 0 bridgehead atoms. The molecule has 0 saturated carbocycles. The van der Waals surface area contributed by atoms with E-state index in [1.807, 2.05) is 6.07 Å². The van der Waals surface area contributed by atoms with Gasteiger partial charge in [0, 0.05) is 15.1 Å². The number of primary amides is 1. The molecular formula is C18H14BrClN4O3. The molecule has 1 aromatic heterocycles. The molecule has 9 heteroatoms. The molecule has 27 heavy (non-hydrogen) atoms. The van der Waals surface area contributed by atoms with Gasteiger partial charge < -0.3 is 10.5 Å². The van der Waals surface area contributed by atoms with E-state index in [1.54, 1.807) is 37.3 Å². The third-order valence-corrected chi connectivity index (χ3v) is 4.35. The molecule has 0 radical (unpaired) electrons. The summed E-state index contributed by atoms with van der Waals surface area (Å²) >= 11 is 9.37. The Morgan fingerprint density at radius 2 is 2.15 bits per heavy atom. The van der Waals surface area contributed by atoms with E-state index < -0.39 is 5.91 Å². The molecule has 0 saturated heterocycles. The molecule has 0 aliphatic heterocycles. The van der Waals surface area contributed by atoms with E-state index in [0.29, 0.717) is 33.1 Å². The standard InChI is InChI=1S/C18H14BrClN4O3/c1-10-23-15-4-2-12(19)7-14(15)18(26)24(10)22-8-11-6-13(20)3-5-16(11)27-9-17(21)25/h2-8H,9H2,1H3,(H2,21,25). The maximum Gasteiger partial charge on any atom is 0.282 e. The number of carbonyl (C=O) groups is 1. The fraction of sp³-hybridized carbons (Fsp3) is 0.111. The quantitative estimate of drug-likeness (QED) is 0.605. The second kappa shape index (κ2) is 7.89. The first-order valence-electron chi connectivity index (χ1n) is 7.79. The van der Waals surface area contributed by atoms with Crippen molar-refractivity contribution in [2.75, 3.05) is 6.61 Å². The third-order valence-electron chi connectivity index (χ3n) is 3.62. The number of ether oxygens (including phenoxy) is 1. The minimum absolute atomic E-state index is 0.285. The Morgan fingerprint density at radius 3 is 2.89 bits per heavy atom. The largest absolute Gasteiger partial charge is 0.483 e. The lowest BCUT2D eigenvalue weighted by Crippen LogP contribution is -2.21. The predicted molar refractivity (Wildman–Crippen MR) is 108 cm³/mol. The van der Waals surface area contributed by atoms with Gasteiger partial charge in [-0.1, -0.05) is 27.5 Å². The van der Waals surface area contributed by atoms with E-state index in [-0.39, 0.29) is 12.2 Å². The van der Waals surface area contributed by atoms with Crippen molar-refractivity contribution in [2.45, 2.75) is 6.92 Å². The summed E-state index contributed by atoms with van der Waals surface area (Å²) in [6, 6.07) is 10.1. The lowest BCUT2D eigenvalue weighted by atomic mass is 10.2. The van der Waals surface area contributed by atoms with Crippen molar-refractivity contribution in [1.29, 1.82) is 0 Å². The van der Waals surface area contributed by atoms with Crippen LogP contribution >= 0.6 is 27.5 Å². The second-order valence-electron chi connectivity index (χ2n) is 5.62. The molecule has 1 heterocycles. The number of rotatable bonds is 5. The molecule has 0 unspecified atom stereocenters. The average molecular weight is 450 g/mol. The Hall–Kier alpha value is -2.71. The van der Waals surface area contributed by atoms with Gasteiger partial charge in [0.1, 0.15) is 11.6 Å². The lowest BCUT2D eigenvalue weighted by molar-refractivity contribution is -0.119. The summed E-state index contributed by atoms with van der Waals surface area (Å²) in [7, 11) is 0. The van der Waals surface area contributed by atoms with Crippen LogP contribution in [0.2, 0.25) is 5.02 Å². The molecule has 0 aliphatic carbocycles. The van der Waals surface area contributed by atoms with E-state index in [9.17, 15) is 9.59 Å². The first-order valence-corrected chi connectivity index (χ1v) is 8.96. The Kier molecular flexibility index (Phi) is 5.57. The summed E-state index contributed by atoms with van der Waals surface area (Å²) in [5.41, 5.74) is 5.87. The number of nitrogens with two attached hydrogens (primary N) is 1. The number of nitrogens with zero attached hydrogens (tertiary/aromatic N) is 3. The zero-order valence-electron chi connectivity index (χ0n) is 14.1. The fourth-order valence-corrected chi connectivity index (χ4v) is 2.96. The molecule has 0 aliphatic rings. The molecule has 2 aromatic carbocycles. The maximum atomic E-state index is 12.8. The monoisotopic (exact) mass is 448 g/mol. The average Bonchev–Trinajstić information content (AvgIpc) is 2.61. The van der Waals surface area contributed by atoms with Crippen LogP contribution < -0.4 is 16.0 Å². The van der Waals surface area contributed by atoms with Gasteiger partial charge in [-0.15, -0.1) is 0 Å². The van der Waals surface area contributed by atoms with E-state index in [1.165, 1.54) is 10.9 Å². The predicted octanol–water partition coefficient (Wildman–Crippen LogP) is 2.87. The molecule has 3 rings (SSSR count). The zero-order chi connectivity index (χ0) is 19.6. The van der Waals surface area contributed by atoms with Gasteiger partial charge >= 0.3 is 0 Å². The summed E-state index contributed by atoms with van der Waals surface area (Å²) in [5, 5.41) is 5.12. The Morgan fingerprint density at radius 1 is 1.37 bits per heavy atom. The van der Waals surface area contributed by atoms with Crippen LogP contribution in [0.3, 0.4) is 0 Å². The highest BCUT2D eigenvalue weighted by Gasteiger charge is 2.09. The highest BCUT2D eigenvalue weighted by atomic mass is 79.9. The van der Waals surface area contributed by atoms with Crippen molar-refractivity contribution >= 4 is 50.6 Å². The van der Waals surface area contributed by atoms with Gasteiger partial charge in [-0.3, -0.25) is 9.59 Å². The van der Waals surface area contributed by atoms with Crippen molar-refractivity contribution < 1.29 is 9.53 Å². The topological polar surface area (TPSA) is 99.6 Å². The number of benzene rings is 2. The molecular weight excluding hydrogens is 436 g/mol. The molecule has 0 fully saturated rings.